The predicted octanol–water partition coefficient (Wildman–Crippen LogP) is 3.58. The van der Waals surface area contributed by atoms with E-state index in [0.29, 0.717) is 5.95 Å². The van der Waals surface area contributed by atoms with Gasteiger partial charge in [-0.1, -0.05) is 25.1 Å². The second kappa shape index (κ2) is 5.63. The molecule has 0 saturated heterocycles. The van der Waals surface area contributed by atoms with Crippen LogP contribution in [0.1, 0.15) is 24.5 Å². The third-order valence-electron chi connectivity index (χ3n) is 3.07. The third-order valence-corrected chi connectivity index (χ3v) is 3.07. The molecule has 2 aromatic rings. The van der Waals surface area contributed by atoms with E-state index in [1.807, 2.05) is 12.3 Å². The van der Waals surface area contributed by atoms with E-state index < -0.39 is 0 Å². The van der Waals surface area contributed by atoms with Crippen molar-refractivity contribution in [3.63, 3.8) is 0 Å². The van der Waals surface area contributed by atoms with Gasteiger partial charge in [-0.15, -0.1) is 0 Å². The third kappa shape index (κ3) is 2.67. The molecule has 0 atom stereocenters. The summed E-state index contributed by atoms with van der Waals surface area (Å²) in [6.07, 6.45) is 2.87. The molecule has 0 aliphatic heterocycles. The summed E-state index contributed by atoms with van der Waals surface area (Å²) >= 11 is 0. The van der Waals surface area contributed by atoms with E-state index >= 15 is 0 Å². The molecule has 2 rings (SSSR count). The highest BCUT2D eigenvalue weighted by atomic mass is 15.1. The number of rotatable bonds is 4. The van der Waals surface area contributed by atoms with E-state index in [0.717, 1.165) is 18.7 Å². The van der Waals surface area contributed by atoms with Crippen LogP contribution >= 0.6 is 0 Å². The molecule has 1 heterocycles. The monoisotopic (exact) mass is 241 g/mol. The molecule has 0 fully saturated rings. The summed E-state index contributed by atoms with van der Waals surface area (Å²) < 4.78 is 0. The first-order chi connectivity index (χ1) is 8.72. The lowest BCUT2D eigenvalue weighted by Crippen LogP contribution is -2.04. The number of hydrogen-bond donors (Lipinski definition) is 1. The fourth-order valence-corrected chi connectivity index (χ4v) is 1.86. The molecule has 18 heavy (non-hydrogen) atoms. The summed E-state index contributed by atoms with van der Waals surface area (Å²) in [5.74, 6) is 0.704. The van der Waals surface area contributed by atoms with Crippen LogP contribution in [-0.2, 0) is 0 Å². The van der Waals surface area contributed by atoms with Gasteiger partial charge in [0.1, 0.15) is 0 Å². The van der Waals surface area contributed by atoms with Crippen molar-refractivity contribution < 1.29 is 0 Å². The molecule has 0 aliphatic rings. The second-order valence-electron chi connectivity index (χ2n) is 4.44. The van der Waals surface area contributed by atoms with Gasteiger partial charge in [-0.3, -0.25) is 0 Å². The molecule has 1 aromatic heterocycles. The number of anilines is 1. The number of aryl methyl sites for hydroxylation is 1. The Kier molecular flexibility index (Phi) is 3.92. The van der Waals surface area contributed by atoms with Gasteiger partial charge >= 0.3 is 0 Å². The molecule has 3 heteroatoms. The highest BCUT2D eigenvalue weighted by Gasteiger charge is 2.06. The second-order valence-corrected chi connectivity index (χ2v) is 4.44. The zero-order valence-corrected chi connectivity index (χ0v) is 11.2. The Morgan fingerprint density at radius 2 is 2.00 bits per heavy atom. The lowest BCUT2D eigenvalue weighted by Gasteiger charge is -2.09. The van der Waals surface area contributed by atoms with Gasteiger partial charge in [0.2, 0.25) is 5.95 Å². The topological polar surface area (TPSA) is 37.8 Å². The van der Waals surface area contributed by atoms with Crippen LogP contribution in [0.4, 0.5) is 5.95 Å². The first kappa shape index (κ1) is 12.6. The van der Waals surface area contributed by atoms with Gasteiger partial charge in [-0.25, -0.2) is 9.97 Å². The van der Waals surface area contributed by atoms with Crippen molar-refractivity contribution >= 4 is 5.95 Å². The molecule has 0 radical (unpaired) electrons. The van der Waals surface area contributed by atoms with Crippen LogP contribution in [0, 0.1) is 13.8 Å². The molecule has 0 unspecified atom stereocenters. The normalized spacial score (nSPS) is 10.4. The number of aromatic nitrogens is 2. The van der Waals surface area contributed by atoms with Crippen molar-refractivity contribution in [3.8, 4) is 11.3 Å². The first-order valence-corrected chi connectivity index (χ1v) is 6.36. The summed E-state index contributed by atoms with van der Waals surface area (Å²) in [5.41, 5.74) is 4.72. The maximum atomic E-state index is 4.56. The lowest BCUT2D eigenvalue weighted by atomic mass is 10.0. The highest BCUT2D eigenvalue weighted by Crippen LogP contribution is 2.23. The van der Waals surface area contributed by atoms with Gasteiger partial charge in [0, 0.05) is 18.3 Å². The number of nitrogens with zero attached hydrogens (tertiary/aromatic N) is 2. The quantitative estimate of drug-likeness (QED) is 0.889. The van der Waals surface area contributed by atoms with Crippen LogP contribution in [0.25, 0.3) is 11.3 Å². The van der Waals surface area contributed by atoms with E-state index in [4.69, 9.17) is 0 Å². The smallest absolute Gasteiger partial charge is 0.223 e. The molecule has 3 nitrogen and oxygen atoms in total. The van der Waals surface area contributed by atoms with E-state index in [1.54, 1.807) is 0 Å². The van der Waals surface area contributed by atoms with Crippen LogP contribution in [0.3, 0.4) is 0 Å². The summed E-state index contributed by atoms with van der Waals surface area (Å²) in [4.78, 5) is 8.79. The molecule has 0 spiro atoms. The first-order valence-electron chi connectivity index (χ1n) is 6.36. The van der Waals surface area contributed by atoms with E-state index in [-0.39, 0.29) is 0 Å². The maximum Gasteiger partial charge on any atom is 0.223 e. The molecule has 0 saturated carbocycles. The van der Waals surface area contributed by atoms with E-state index in [2.05, 4.69) is 54.3 Å². The van der Waals surface area contributed by atoms with E-state index in [1.165, 1.54) is 16.7 Å². The predicted molar refractivity (Wildman–Crippen MR) is 75.7 cm³/mol. The lowest BCUT2D eigenvalue weighted by molar-refractivity contribution is 0.953. The van der Waals surface area contributed by atoms with Crippen molar-refractivity contribution in [3.05, 3.63) is 41.6 Å². The van der Waals surface area contributed by atoms with Crippen molar-refractivity contribution in [1.82, 2.24) is 9.97 Å². The van der Waals surface area contributed by atoms with Crippen molar-refractivity contribution in [2.75, 3.05) is 11.9 Å². The summed E-state index contributed by atoms with van der Waals surface area (Å²) in [7, 11) is 0. The highest BCUT2D eigenvalue weighted by molar-refractivity contribution is 5.65. The van der Waals surface area contributed by atoms with Crippen LogP contribution in [0.15, 0.2) is 30.5 Å². The Bertz CT molecular complexity index is 535. The fraction of sp³-hybridized carbons (Fsp3) is 0.333. The Hall–Kier alpha value is -1.90. The Morgan fingerprint density at radius 3 is 2.78 bits per heavy atom. The number of hydrogen-bond acceptors (Lipinski definition) is 3. The van der Waals surface area contributed by atoms with Crippen LogP contribution in [0.2, 0.25) is 0 Å². The Morgan fingerprint density at radius 1 is 1.17 bits per heavy atom. The number of nitrogens with one attached hydrogen (secondary N) is 1. The van der Waals surface area contributed by atoms with Crippen molar-refractivity contribution in [2.45, 2.75) is 27.2 Å². The molecular weight excluding hydrogens is 222 g/mol. The molecule has 0 amide bonds. The summed E-state index contributed by atoms with van der Waals surface area (Å²) in [6, 6.07) is 8.25. The van der Waals surface area contributed by atoms with Gasteiger partial charge in [0.15, 0.2) is 0 Å². The largest absolute Gasteiger partial charge is 0.354 e. The minimum absolute atomic E-state index is 0.704. The molecule has 1 aromatic carbocycles. The standard InChI is InChI=1S/C15H19N3/c1-4-9-16-15-17-10-8-14(18-15)13-7-5-6-11(2)12(13)3/h5-8,10H,4,9H2,1-3H3,(H,16,17,18). The van der Waals surface area contributed by atoms with Gasteiger partial charge in [0.05, 0.1) is 5.69 Å². The molecule has 94 valence electrons. The zero-order chi connectivity index (χ0) is 13.0. The maximum absolute atomic E-state index is 4.56. The van der Waals surface area contributed by atoms with Gasteiger partial charge in [-0.2, -0.15) is 0 Å². The van der Waals surface area contributed by atoms with E-state index in [9.17, 15) is 0 Å². The van der Waals surface area contributed by atoms with Crippen LogP contribution < -0.4 is 5.32 Å². The zero-order valence-electron chi connectivity index (χ0n) is 11.2. The average Bonchev–Trinajstić information content (AvgIpc) is 2.40. The summed E-state index contributed by atoms with van der Waals surface area (Å²) in [5, 5.41) is 3.22. The van der Waals surface area contributed by atoms with Crippen molar-refractivity contribution in [2.24, 2.45) is 0 Å². The van der Waals surface area contributed by atoms with Crippen LogP contribution in [0.5, 0.6) is 0 Å². The Balaban J connectivity index is 2.35. The average molecular weight is 241 g/mol. The summed E-state index contributed by atoms with van der Waals surface area (Å²) in [6.45, 7) is 7.28. The molecule has 0 aliphatic carbocycles. The Labute approximate surface area is 108 Å². The molecule has 1 N–H and O–H groups in total. The van der Waals surface area contributed by atoms with Crippen LogP contribution in [-0.4, -0.2) is 16.5 Å². The minimum Gasteiger partial charge on any atom is -0.354 e. The molecular formula is C15H19N3. The number of benzene rings is 1. The SMILES string of the molecule is CCCNc1nccc(-c2cccc(C)c2C)n1. The van der Waals surface area contributed by atoms with Gasteiger partial charge in [0.25, 0.3) is 0 Å². The van der Waals surface area contributed by atoms with Gasteiger partial charge < -0.3 is 5.32 Å². The van der Waals surface area contributed by atoms with Crippen molar-refractivity contribution in [1.29, 1.82) is 0 Å². The minimum atomic E-state index is 0.704. The fourth-order valence-electron chi connectivity index (χ4n) is 1.86. The molecule has 0 bridgehead atoms. The van der Waals surface area contributed by atoms with Gasteiger partial charge in [-0.05, 0) is 37.5 Å².